The summed E-state index contributed by atoms with van der Waals surface area (Å²) in [5.74, 6) is -0.352. The number of carbonyl (C=O) groups is 1. The second kappa shape index (κ2) is 5.15. The lowest BCUT2D eigenvalue weighted by Gasteiger charge is -2.27. The van der Waals surface area contributed by atoms with Gasteiger partial charge in [-0.25, -0.2) is 4.79 Å². The van der Waals surface area contributed by atoms with Crippen LogP contribution in [-0.2, 0) is 20.9 Å². The molecule has 90 valence electrons. The van der Waals surface area contributed by atoms with E-state index >= 15 is 0 Å². The molecule has 0 bridgehead atoms. The maximum atomic E-state index is 11.3. The van der Waals surface area contributed by atoms with Gasteiger partial charge < -0.3 is 9.47 Å². The quantitative estimate of drug-likeness (QED) is 0.591. The van der Waals surface area contributed by atoms with Crippen molar-refractivity contribution in [2.45, 2.75) is 26.1 Å². The van der Waals surface area contributed by atoms with E-state index in [-0.39, 0.29) is 18.7 Å². The maximum Gasteiger partial charge on any atom is 0.333 e. The van der Waals surface area contributed by atoms with Crippen LogP contribution < -0.4 is 0 Å². The largest absolute Gasteiger partial charge is 0.457 e. The predicted molar refractivity (Wildman–Crippen MR) is 64.4 cm³/mol. The molecule has 1 heterocycles. The smallest absolute Gasteiger partial charge is 0.333 e. The number of esters is 1. The van der Waals surface area contributed by atoms with E-state index in [0.29, 0.717) is 5.57 Å². The normalized spacial score (nSPS) is 18.3. The van der Waals surface area contributed by atoms with Gasteiger partial charge in [-0.05, 0) is 24.1 Å². The van der Waals surface area contributed by atoms with Crippen LogP contribution in [0.25, 0.3) is 0 Å². The van der Waals surface area contributed by atoms with E-state index in [2.05, 4.69) is 6.58 Å². The molecule has 1 aromatic carbocycles. The van der Waals surface area contributed by atoms with Crippen molar-refractivity contribution in [3.63, 3.8) is 0 Å². The van der Waals surface area contributed by atoms with Crippen LogP contribution in [0.1, 0.15) is 30.6 Å². The van der Waals surface area contributed by atoms with Crippen molar-refractivity contribution >= 4 is 5.97 Å². The molecule has 3 nitrogen and oxygen atoms in total. The topological polar surface area (TPSA) is 35.5 Å². The van der Waals surface area contributed by atoms with E-state index < -0.39 is 0 Å². The molecule has 0 N–H and O–H groups in total. The van der Waals surface area contributed by atoms with E-state index in [1.165, 1.54) is 0 Å². The summed E-state index contributed by atoms with van der Waals surface area (Å²) in [6.07, 6.45) is 1.28. The van der Waals surface area contributed by atoms with Crippen molar-refractivity contribution in [1.82, 2.24) is 0 Å². The molecule has 0 saturated carbocycles. The molecule has 0 spiro atoms. The number of rotatable bonds is 4. The van der Waals surface area contributed by atoms with Gasteiger partial charge in [0.05, 0.1) is 12.7 Å². The van der Waals surface area contributed by atoms with E-state index in [1.54, 1.807) is 6.92 Å². The van der Waals surface area contributed by atoms with E-state index in [4.69, 9.17) is 9.47 Å². The summed E-state index contributed by atoms with van der Waals surface area (Å²) >= 11 is 0. The molecule has 1 aliphatic rings. The van der Waals surface area contributed by atoms with Gasteiger partial charge in [0.15, 0.2) is 0 Å². The molecule has 0 aliphatic carbocycles. The minimum Gasteiger partial charge on any atom is -0.457 e. The highest BCUT2D eigenvalue weighted by molar-refractivity contribution is 5.86. The molecule has 0 aromatic heterocycles. The second-order valence-electron chi connectivity index (χ2n) is 4.25. The molecule has 2 rings (SSSR count). The van der Waals surface area contributed by atoms with Crippen LogP contribution in [0.15, 0.2) is 36.4 Å². The molecule has 0 amide bonds. The van der Waals surface area contributed by atoms with E-state index in [0.717, 1.165) is 24.2 Å². The third-order valence-electron chi connectivity index (χ3n) is 2.74. The zero-order valence-electron chi connectivity index (χ0n) is 9.94. The predicted octanol–water partition coefficient (Wildman–Crippen LogP) is 2.77. The fourth-order valence-corrected chi connectivity index (χ4v) is 1.65. The van der Waals surface area contributed by atoms with Gasteiger partial charge in [-0.2, -0.15) is 0 Å². The Morgan fingerprint density at radius 1 is 1.59 bits per heavy atom. The number of hydrogen-bond donors (Lipinski definition) is 0. The first-order valence-electron chi connectivity index (χ1n) is 5.70. The van der Waals surface area contributed by atoms with Crippen LogP contribution >= 0.6 is 0 Å². The van der Waals surface area contributed by atoms with Crippen LogP contribution in [0.4, 0.5) is 0 Å². The first-order valence-corrected chi connectivity index (χ1v) is 5.70. The summed E-state index contributed by atoms with van der Waals surface area (Å²) in [5.41, 5.74) is 2.55. The minimum absolute atomic E-state index is 0.215. The van der Waals surface area contributed by atoms with E-state index in [1.807, 2.05) is 24.3 Å². The SMILES string of the molecule is C=C(C)C(=O)OCc1cccc(C2CCO2)c1. The summed E-state index contributed by atoms with van der Waals surface area (Å²) in [6, 6.07) is 7.96. The highest BCUT2D eigenvalue weighted by Gasteiger charge is 2.20. The summed E-state index contributed by atoms with van der Waals surface area (Å²) in [7, 11) is 0. The van der Waals surface area contributed by atoms with Gasteiger partial charge in [-0.1, -0.05) is 24.8 Å². The van der Waals surface area contributed by atoms with Crippen LogP contribution in [0.2, 0.25) is 0 Å². The van der Waals surface area contributed by atoms with Crippen molar-refractivity contribution < 1.29 is 14.3 Å². The number of hydrogen-bond acceptors (Lipinski definition) is 3. The standard InChI is InChI=1S/C14H16O3/c1-10(2)14(15)17-9-11-4-3-5-12(8-11)13-6-7-16-13/h3-5,8,13H,1,6-7,9H2,2H3. The van der Waals surface area contributed by atoms with Crippen molar-refractivity contribution in [3.05, 3.63) is 47.5 Å². The van der Waals surface area contributed by atoms with Crippen LogP contribution in [0.5, 0.6) is 0 Å². The average Bonchev–Trinajstić information content (AvgIpc) is 2.24. The molecular formula is C14H16O3. The van der Waals surface area contributed by atoms with Gasteiger partial charge >= 0.3 is 5.97 Å². The average molecular weight is 232 g/mol. The number of carbonyl (C=O) groups excluding carboxylic acids is 1. The van der Waals surface area contributed by atoms with Crippen molar-refractivity contribution in [3.8, 4) is 0 Å². The molecule has 1 aromatic rings. The first-order chi connectivity index (χ1) is 8.16. The van der Waals surface area contributed by atoms with Gasteiger partial charge in [-0.15, -0.1) is 0 Å². The van der Waals surface area contributed by atoms with Crippen molar-refractivity contribution in [2.75, 3.05) is 6.61 Å². The maximum absolute atomic E-state index is 11.3. The Hall–Kier alpha value is -1.61. The summed E-state index contributed by atoms with van der Waals surface area (Å²) in [5, 5.41) is 0. The Morgan fingerprint density at radius 2 is 2.35 bits per heavy atom. The van der Waals surface area contributed by atoms with Crippen LogP contribution in [0.3, 0.4) is 0 Å². The Labute approximate surface area is 101 Å². The summed E-state index contributed by atoms with van der Waals surface area (Å²) in [4.78, 5) is 11.3. The third-order valence-corrected chi connectivity index (χ3v) is 2.74. The van der Waals surface area contributed by atoms with Crippen molar-refractivity contribution in [1.29, 1.82) is 0 Å². The lowest BCUT2D eigenvalue weighted by molar-refractivity contribution is -0.140. The number of ether oxygens (including phenoxy) is 2. The minimum atomic E-state index is -0.352. The molecule has 17 heavy (non-hydrogen) atoms. The molecule has 1 saturated heterocycles. The highest BCUT2D eigenvalue weighted by atomic mass is 16.5. The van der Waals surface area contributed by atoms with Gasteiger partial charge in [-0.3, -0.25) is 0 Å². The molecule has 1 unspecified atom stereocenters. The lowest BCUT2D eigenvalue weighted by atomic mass is 10.0. The zero-order chi connectivity index (χ0) is 12.3. The Balaban J connectivity index is 1.96. The van der Waals surface area contributed by atoms with E-state index in [9.17, 15) is 4.79 Å². The van der Waals surface area contributed by atoms with Crippen molar-refractivity contribution in [2.24, 2.45) is 0 Å². The second-order valence-corrected chi connectivity index (χ2v) is 4.25. The van der Waals surface area contributed by atoms with Gasteiger partial charge in [0.25, 0.3) is 0 Å². The summed E-state index contributed by atoms with van der Waals surface area (Å²) in [6.45, 7) is 6.30. The molecule has 1 aliphatic heterocycles. The Kier molecular flexibility index (Phi) is 3.59. The van der Waals surface area contributed by atoms with Gasteiger partial charge in [0, 0.05) is 12.0 Å². The van der Waals surface area contributed by atoms with Gasteiger partial charge in [0.1, 0.15) is 6.61 Å². The Morgan fingerprint density at radius 3 is 2.94 bits per heavy atom. The third kappa shape index (κ3) is 2.94. The highest BCUT2D eigenvalue weighted by Crippen LogP contribution is 2.29. The fourth-order valence-electron chi connectivity index (χ4n) is 1.65. The molecule has 1 atom stereocenters. The molecule has 1 fully saturated rings. The summed E-state index contributed by atoms with van der Waals surface area (Å²) < 4.78 is 10.5. The first kappa shape index (κ1) is 11.9. The van der Waals surface area contributed by atoms with Crippen LogP contribution in [0, 0.1) is 0 Å². The fraction of sp³-hybridized carbons (Fsp3) is 0.357. The monoisotopic (exact) mass is 232 g/mol. The molecular weight excluding hydrogens is 216 g/mol. The zero-order valence-corrected chi connectivity index (χ0v) is 9.94. The van der Waals surface area contributed by atoms with Crippen LogP contribution in [-0.4, -0.2) is 12.6 Å². The lowest BCUT2D eigenvalue weighted by Crippen LogP contribution is -2.18. The Bertz CT molecular complexity index is 433. The number of benzene rings is 1. The molecule has 3 heteroatoms. The van der Waals surface area contributed by atoms with Gasteiger partial charge in [0.2, 0.25) is 0 Å². The molecule has 0 radical (unpaired) electrons.